The highest BCUT2D eigenvalue weighted by atomic mass is 16.5. The van der Waals surface area contributed by atoms with Gasteiger partial charge in [-0.2, -0.15) is 0 Å². The van der Waals surface area contributed by atoms with Gasteiger partial charge in [0.1, 0.15) is 11.4 Å². The average Bonchev–Trinajstić information content (AvgIpc) is 2.60. The first-order valence-electron chi connectivity index (χ1n) is 8.17. The van der Waals surface area contributed by atoms with Crippen molar-refractivity contribution in [2.45, 2.75) is 20.3 Å². The van der Waals surface area contributed by atoms with Gasteiger partial charge in [-0.1, -0.05) is 43.3 Å². The van der Waals surface area contributed by atoms with Gasteiger partial charge in [-0.3, -0.25) is 9.59 Å². The fraction of sp³-hybridized carbons (Fsp3) is 0.200. The minimum absolute atomic E-state index is 0.179. The van der Waals surface area contributed by atoms with E-state index in [1.807, 2.05) is 43.3 Å². The molecule has 0 radical (unpaired) electrons. The molecule has 0 aliphatic heterocycles. The van der Waals surface area contributed by atoms with E-state index >= 15 is 0 Å². The lowest BCUT2D eigenvalue weighted by molar-refractivity contribution is -0.120. The van der Waals surface area contributed by atoms with Crippen molar-refractivity contribution in [3.05, 3.63) is 65.9 Å². The normalized spacial score (nSPS) is 10.9. The van der Waals surface area contributed by atoms with Crippen LogP contribution >= 0.6 is 0 Å². The van der Waals surface area contributed by atoms with Crippen LogP contribution in [0.4, 0.5) is 5.69 Å². The van der Waals surface area contributed by atoms with E-state index in [0.717, 1.165) is 12.0 Å². The Balaban J connectivity index is 2.17. The minimum atomic E-state index is -0.397. The highest BCUT2D eigenvalue weighted by molar-refractivity contribution is 6.08. The third-order valence-electron chi connectivity index (χ3n) is 3.23. The van der Waals surface area contributed by atoms with Gasteiger partial charge < -0.3 is 15.4 Å². The Labute approximate surface area is 147 Å². The van der Waals surface area contributed by atoms with Crippen LogP contribution in [-0.4, -0.2) is 18.4 Å². The molecule has 2 aromatic carbocycles. The van der Waals surface area contributed by atoms with Crippen LogP contribution in [0.1, 0.15) is 25.8 Å². The molecule has 5 nitrogen and oxygen atoms in total. The zero-order valence-corrected chi connectivity index (χ0v) is 14.4. The monoisotopic (exact) mass is 338 g/mol. The summed E-state index contributed by atoms with van der Waals surface area (Å²) in [4.78, 5) is 24.0. The Morgan fingerprint density at radius 2 is 1.84 bits per heavy atom. The van der Waals surface area contributed by atoms with E-state index < -0.39 is 5.91 Å². The summed E-state index contributed by atoms with van der Waals surface area (Å²) in [6.45, 7) is 4.01. The fourth-order valence-electron chi connectivity index (χ4n) is 2.15. The second-order valence-corrected chi connectivity index (χ2v) is 5.48. The quantitative estimate of drug-likeness (QED) is 0.758. The average molecular weight is 338 g/mol. The van der Waals surface area contributed by atoms with Crippen LogP contribution < -0.4 is 15.4 Å². The van der Waals surface area contributed by atoms with Crippen molar-refractivity contribution in [2.24, 2.45) is 0 Å². The maximum Gasteiger partial charge on any atom is 0.272 e. The van der Waals surface area contributed by atoms with Crippen molar-refractivity contribution in [1.82, 2.24) is 5.32 Å². The third kappa shape index (κ3) is 6.14. The van der Waals surface area contributed by atoms with Crippen molar-refractivity contribution in [1.29, 1.82) is 0 Å². The molecule has 2 rings (SSSR count). The first-order valence-corrected chi connectivity index (χ1v) is 8.17. The molecule has 0 bridgehead atoms. The number of carbonyl (C=O) groups is 2. The molecule has 130 valence electrons. The predicted molar refractivity (Wildman–Crippen MR) is 99.1 cm³/mol. The van der Waals surface area contributed by atoms with E-state index in [1.54, 1.807) is 24.3 Å². The number of ether oxygens (including phenoxy) is 1. The molecule has 0 saturated heterocycles. The summed E-state index contributed by atoms with van der Waals surface area (Å²) in [5, 5.41) is 5.36. The van der Waals surface area contributed by atoms with Gasteiger partial charge in [-0.05, 0) is 30.2 Å². The summed E-state index contributed by atoms with van der Waals surface area (Å²) < 4.78 is 5.56. The number of benzene rings is 2. The van der Waals surface area contributed by atoms with Gasteiger partial charge in [-0.15, -0.1) is 0 Å². The van der Waals surface area contributed by atoms with Crippen LogP contribution in [-0.2, 0) is 9.59 Å². The van der Waals surface area contributed by atoms with Crippen molar-refractivity contribution < 1.29 is 14.3 Å². The molecule has 2 aromatic rings. The third-order valence-corrected chi connectivity index (χ3v) is 3.23. The van der Waals surface area contributed by atoms with Gasteiger partial charge in [0.25, 0.3) is 5.91 Å². The van der Waals surface area contributed by atoms with Crippen molar-refractivity contribution in [3.63, 3.8) is 0 Å². The number of amides is 2. The van der Waals surface area contributed by atoms with Gasteiger partial charge in [-0.25, -0.2) is 0 Å². The smallest absolute Gasteiger partial charge is 0.272 e. The van der Waals surface area contributed by atoms with E-state index in [2.05, 4.69) is 10.6 Å². The van der Waals surface area contributed by atoms with Gasteiger partial charge >= 0.3 is 0 Å². The molecular weight excluding hydrogens is 316 g/mol. The lowest BCUT2D eigenvalue weighted by atomic mass is 10.2. The molecule has 0 unspecified atom stereocenters. The summed E-state index contributed by atoms with van der Waals surface area (Å²) in [6.07, 6.45) is 2.54. The molecule has 5 heteroatoms. The number of nitrogens with one attached hydrogen (secondary N) is 2. The molecule has 0 aliphatic carbocycles. The summed E-state index contributed by atoms with van der Waals surface area (Å²) in [5.41, 5.74) is 1.60. The summed E-state index contributed by atoms with van der Waals surface area (Å²) >= 11 is 0. The molecule has 2 amide bonds. The molecule has 0 aliphatic rings. The Morgan fingerprint density at radius 3 is 2.52 bits per heavy atom. The van der Waals surface area contributed by atoms with E-state index in [1.165, 1.54) is 6.92 Å². The Kier molecular flexibility index (Phi) is 6.77. The maximum atomic E-state index is 12.5. The van der Waals surface area contributed by atoms with Crippen LogP contribution in [0.15, 0.2) is 60.3 Å². The zero-order chi connectivity index (χ0) is 18.1. The summed E-state index contributed by atoms with van der Waals surface area (Å²) in [5.74, 6) is -0.0168. The first kappa shape index (κ1) is 18.3. The number of rotatable bonds is 7. The number of anilines is 1. The highest BCUT2D eigenvalue weighted by Crippen LogP contribution is 2.18. The first-order chi connectivity index (χ1) is 12.1. The lowest BCUT2D eigenvalue weighted by Crippen LogP contribution is -2.28. The summed E-state index contributed by atoms with van der Waals surface area (Å²) in [6, 6.07) is 16.5. The Bertz CT molecular complexity index is 755. The molecule has 0 atom stereocenters. The maximum absolute atomic E-state index is 12.5. The van der Waals surface area contributed by atoms with E-state index in [0.29, 0.717) is 18.0 Å². The second kappa shape index (κ2) is 9.27. The molecule has 0 aromatic heterocycles. The Hall–Kier alpha value is -3.08. The molecule has 25 heavy (non-hydrogen) atoms. The van der Waals surface area contributed by atoms with Crippen LogP contribution in [0.2, 0.25) is 0 Å². The number of carbonyl (C=O) groups excluding carboxylic acids is 2. The molecular formula is C20H22N2O3. The van der Waals surface area contributed by atoms with Crippen LogP contribution in [0, 0.1) is 0 Å². The summed E-state index contributed by atoms with van der Waals surface area (Å²) in [7, 11) is 0. The zero-order valence-electron chi connectivity index (χ0n) is 14.4. The van der Waals surface area contributed by atoms with Crippen molar-refractivity contribution in [2.75, 3.05) is 11.9 Å². The predicted octanol–water partition coefficient (Wildman–Crippen LogP) is 3.59. The number of hydrogen-bond donors (Lipinski definition) is 2. The van der Waals surface area contributed by atoms with E-state index in [4.69, 9.17) is 4.74 Å². The van der Waals surface area contributed by atoms with Gasteiger partial charge in [0.05, 0.1) is 6.61 Å². The van der Waals surface area contributed by atoms with E-state index in [-0.39, 0.29) is 11.6 Å². The molecule has 0 spiro atoms. The van der Waals surface area contributed by atoms with Crippen LogP contribution in [0.25, 0.3) is 6.08 Å². The SMILES string of the molecule is CCCOc1cccc(NC(=O)/C(=C/c2ccccc2)NC(C)=O)c1. The van der Waals surface area contributed by atoms with Crippen LogP contribution in [0.3, 0.4) is 0 Å². The molecule has 0 fully saturated rings. The second-order valence-electron chi connectivity index (χ2n) is 5.48. The minimum Gasteiger partial charge on any atom is -0.494 e. The fourth-order valence-corrected chi connectivity index (χ4v) is 2.15. The number of hydrogen-bond acceptors (Lipinski definition) is 3. The Morgan fingerprint density at radius 1 is 1.08 bits per heavy atom. The lowest BCUT2D eigenvalue weighted by Gasteiger charge is -2.11. The van der Waals surface area contributed by atoms with Crippen molar-refractivity contribution in [3.8, 4) is 5.75 Å². The van der Waals surface area contributed by atoms with E-state index in [9.17, 15) is 9.59 Å². The van der Waals surface area contributed by atoms with Gasteiger partial charge in [0.15, 0.2) is 0 Å². The highest BCUT2D eigenvalue weighted by Gasteiger charge is 2.12. The van der Waals surface area contributed by atoms with Gasteiger partial charge in [0.2, 0.25) is 5.91 Å². The van der Waals surface area contributed by atoms with Crippen molar-refractivity contribution >= 4 is 23.6 Å². The largest absolute Gasteiger partial charge is 0.494 e. The van der Waals surface area contributed by atoms with Crippen LogP contribution in [0.5, 0.6) is 5.75 Å². The molecule has 0 saturated carbocycles. The molecule has 0 heterocycles. The molecule has 2 N–H and O–H groups in total. The topological polar surface area (TPSA) is 67.4 Å². The van der Waals surface area contributed by atoms with Gasteiger partial charge in [0, 0.05) is 18.7 Å². The standard InChI is InChI=1S/C20H22N2O3/c1-3-12-25-18-11-7-10-17(14-18)22-20(24)19(21-15(2)23)13-16-8-5-4-6-9-16/h4-11,13-14H,3,12H2,1-2H3,(H,21,23)(H,22,24)/b19-13-.